The summed E-state index contributed by atoms with van der Waals surface area (Å²) in [5.41, 5.74) is 5.26. The van der Waals surface area contributed by atoms with Crippen molar-refractivity contribution in [2.24, 2.45) is 5.73 Å². The Morgan fingerprint density at radius 3 is 2.64 bits per heavy atom. The van der Waals surface area contributed by atoms with Crippen molar-refractivity contribution >= 4 is 18.6 Å². The van der Waals surface area contributed by atoms with Crippen molar-refractivity contribution in [1.82, 2.24) is 4.90 Å². The van der Waals surface area contributed by atoms with Crippen LogP contribution < -0.4 is 5.73 Å². The first kappa shape index (κ1) is 10.7. The summed E-state index contributed by atoms with van der Waals surface area (Å²) < 4.78 is 0. The molecule has 0 spiro atoms. The van der Waals surface area contributed by atoms with Gasteiger partial charge in [-0.15, -0.1) is 0 Å². The first-order valence-corrected chi connectivity index (χ1v) is 4.00. The molecule has 0 unspecified atom stereocenters. The van der Waals surface area contributed by atoms with Crippen molar-refractivity contribution < 1.29 is 9.90 Å². The number of rotatable bonds is 5. The Bertz CT molecular complexity index is 132. The molecule has 4 nitrogen and oxygen atoms in total. The summed E-state index contributed by atoms with van der Waals surface area (Å²) in [7, 11) is 1.72. The van der Waals surface area contributed by atoms with Crippen LogP contribution in [0.5, 0.6) is 0 Å². The molecule has 0 aromatic heterocycles. The van der Waals surface area contributed by atoms with Crippen molar-refractivity contribution in [2.45, 2.75) is 6.04 Å². The minimum atomic E-state index is -0.851. The number of nitrogens with two attached hydrogens (primary N) is 1. The van der Waals surface area contributed by atoms with E-state index in [2.05, 4.69) is 12.6 Å². The van der Waals surface area contributed by atoms with Gasteiger partial charge in [0.25, 0.3) is 0 Å². The van der Waals surface area contributed by atoms with Crippen LogP contribution in [-0.2, 0) is 4.79 Å². The van der Waals surface area contributed by atoms with E-state index in [-0.39, 0.29) is 0 Å². The van der Waals surface area contributed by atoms with Crippen molar-refractivity contribution in [3.05, 3.63) is 0 Å². The van der Waals surface area contributed by atoms with Crippen molar-refractivity contribution in [1.29, 1.82) is 0 Å². The van der Waals surface area contributed by atoms with Gasteiger partial charge in [-0.3, -0.25) is 9.69 Å². The molecule has 11 heavy (non-hydrogen) atoms. The summed E-state index contributed by atoms with van der Waals surface area (Å²) in [6, 6.07) is -0.526. The molecule has 0 aliphatic rings. The van der Waals surface area contributed by atoms with Crippen LogP contribution in [0.3, 0.4) is 0 Å². The molecule has 1 atom stereocenters. The van der Waals surface area contributed by atoms with E-state index >= 15 is 0 Å². The molecule has 0 saturated carbocycles. The predicted molar refractivity (Wildman–Crippen MR) is 47.0 cm³/mol. The van der Waals surface area contributed by atoms with E-state index < -0.39 is 12.0 Å². The molecule has 0 heterocycles. The first-order chi connectivity index (χ1) is 5.13. The van der Waals surface area contributed by atoms with Crippen molar-refractivity contribution in [3.8, 4) is 0 Å². The Hall–Kier alpha value is -0.260. The molecule has 0 radical (unpaired) electrons. The van der Waals surface area contributed by atoms with E-state index in [0.717, 1.165) is 0 Å². The molecular formula is C6H14N2O2S. The SMILES string of the molecule is CN(CCN)[C@@H](CS)C(=O)O. The normalized spacial score (nSPS) is 13.5. The number of nitrogens with zero attached hydrogens (tertiary/aromatic N) is 1. The lowest BCUT2D eigenvalue weighted by Gasteiger charge is -2.21. The number of hydrogen-bond donors (Lipinski definition) is 3. The van der Waals surface area contributed by atoms with Crippen molar-refractivity contribution in [3.63, 3.8) is 0 Å². The maximum atomic E-state index is 10.5. The maximum Gasteiger partial charge on any atom is 0.321 e. The summed E-state index contributed by atoms with van der Waals surface area (Å²) in [4.78, 5) is 12.2. The Morgan fingerprint density at radius 1 is 1.82 bits per heavy atom. The summed E-state index contributed by atoms with van der Waals surface area (Å²) >= 11 is 3.92. The van der Waals surface area contributed by atoms with Gasteiger partial charge in [-0.05, 0) is 7.05 Å². The lowest BCUT2D eigenvalue weighted by Crippen LogP contribution is -2.42. The molecule has 0 bridgehead atoms. The summed E-state index contributed by atoms with van der Waals surface area (Å²) in [6.45, 7) is 1.05. The Morgan fingerprint density at radius 2 is 2.36 bits per heavy atom. The van der Waals surface area contributed by atoms with E-state index in [1.807, 2.05) is 0 Å². The molecule has 0 saturated heterocycles. The lowest BCUT2D eigenvalue weighted by atomic mass is 10.3. The van der Waals surface area contributed by atoms with Gasteiger partial charge in [0.2, 0.25) is 0 Å². The van der Waals surface area contributed by atoms with E-state index in [0.29, 0.717) is 18.8 Å². The first-order valence-electron chi connectivity index (χ1n) is 3.37. The highest BCUT2D eigenvalue weighted by Gasteiger charge is 2.19. The van der Waals surface area contributed by atoms with Gasteiger partial charge in [-0.25, -0.2) is 0 Å². The van der Waals surface area contributed by atoms with E-state index in [1.54, 1.807) is 11.9 Å². The average Bonchev–Trinajstić information content (AvgIpc) is 1.88. The highest BCUT2D eigenvalue weighted by atomic mass is 32.1. The van der Waals surface area contributed by atoms with E-state index in [9.17, 15) is 4.79 Å². The highest BCUT2D eigenvalue weighted by Crippen LogP contribution is 1.97. The van der Waals surface area contributed by atoms with E-state index in [1.165, 1.54) is 0 Å². The maximum absolute atomic E-state index is 10.5. The van der Waals surface area contributed by atoms with Gasteiger partial charge in [0.1, 0.15) is 6.04 Å². The van der Waals surface area contributed by atoms with Gasteiger partial charge in [0.15, 0.2) is 0 Å². The molecule has 5 heteroatoms. The fourth-order valence-electron chi connectivity index (χ4n) is 0.765. The monoisotopic (exact) mass is 178 g/mol. The van der Waals surface area contributed by atoms with Crippen LogP contribution in [0.25, 0.3) is 0 Å². The second-order valence-corrected chi connectivity index (χ2v) is 2.67. The minimum absolute atomic E-state index is 0.311. The average molecular weight is 178 g/mol. The molecule has 66 valence electrons. The smallest absolute Gasteiger partial charge is 0.321 e. The predicted octanol–water partition coefficient (Wildman–Crippen LogP) is -0.740. The fraction of sp³-hybridized carbons (Fsp3) is 0.833. The van der Waals surface area contributed by atoms with Gasteiger partial charge < -0.3 is 10.8 Å². The quantitative estimate of drug-likeness (QED) is 0.485. The van der Waals surface area contributed by atoms with E-state index in [4.69, 9.17) is 10.8 Å². The molecule has 0 amide bonds. The van der Waals surface area contributed by atoms with Gasteiger partial charge in [-0.1, -0.05) is 0 Å². The summed E-state index contributed by atoms with van der Waals surface area (Å²) in [5, 5.41) is 8.64. The molecule has 3 N–H and O–H groups in total. The molecule has 0 fully saturated rings. The third kappa shape index (κ3) is 3.60. The fourth-order valence-corrected chi connectivity index (χ4v) is 1.20. The molecule has 0 rings (SSSR count). The van der Waals surface area contributed by atoms with Crippen LogP contribution in [0, 0.1) is 0 Å². The third-order valence-corrected chi connectivity index (χ3v) is 1.82. The van der Waals surface area contributed by atoms with Crippen LogP contribution in [0.1, 0.15) is 0 Å². The van der Waals surface area contributed by atoms with Gasteiger partial charge in [-0.2, -0.15) is 12.6 Å². The highest BCUT2D eigenvalue weighted by molar-refractivity contribution is 7.80. The zero-order valence-corrected chi connectivity index (χ0v) is 7.42. The second-order valence-electron chi connectivity index (χ2n) is 2.31. The largest absolute Gasteiger partial charge is 0.480 e. The topological polar surface area (TPSA) is 66.6 Å². The molecule has 0 aliphatic heterocycles. The van der Waals surface area contributed by atoms with Crippen LogP contribution >= 0.6 is 12.6 Å². The Balaban J connectivity index is 3.91. The number of aliphatic carboxylic acids is 1. The van der Waals surface area contributed by atoms with Gasteiger partial charge in [0, 0.05) is 18.8 Å². The molecular weight excluding hydrogens is 164 g/mol. The zero-order valence-electron chi connectivity index (χ0n) is 6.53. The van der Waals surface area contributed by atoms with Crippen molar-refractivity contribution in [2.75, 3.05) is 25.9 Å². The number of thiol groups is 1. The van der Waals surface area contributed by atoms with Crippen LogP contribution in [0.2, 0.25) is 0 Å². The lowest BCUT2D eigenvalue weighted by molar-refractivity contribution is -0.141. The number of carboxylic acids is 1. The molecule has 0 aromatic carbocycles. The minimum Gasteiger partial charge on any atom is -0.480 e. The Labute approximate surface area is 71.8 Å². The van der Waals surface area contributed by atoms with Crippen LogP contribution in [0.15, 0.2) is 0 Å². The third-order valence-electron chi connectivity index (χ3n) is 1.47. The second kappa shape index (κ2) is 5.40. The number of carboxylic acid groups (broad SMARTS) is 1. The molecule has 0 aromatic rings. The van der Waals surface area contributed by atoms with Crippen LogP contribution in [-0.4, -0.2) is 47.9 Å². The van der Waals surface area contributed by atoms with Gasteiger partial charge in [0.05, 0.1) is 0 Å². The molecule has 0 aliphatic carbocycles. The number of carbonyl (C=O) groups is 1. The van der Waals surface area contributed by atoms with Crippen LogP contribution in [0.4, 0.5) is 0 Å². The number of hydrogen-bond acceptors (Lipinski definition) is 4. The standard InChI is InChI=1S/C6H14N2O2S/c1-8(3-2-7)5(4-11)6(9)10/h5,11H,2-4,7H2,1H3,(H,9,10)/t5-/m0/s1. The summed E-state index contributed by atoms with van der Waals surface area (Å²) in [6.07, 6.45) is 0. The van der Waals surface area contributed by atoms with Gasteiger partial charge >= 0.3 is 5.97 Å². The zero-order chi connectivity index (χ0) is 8.85. The Kier molecular flexibility index (Phi) is 5.27. The summed E-state index contributed by atoms with van der Waals surface area (Å²) in [5.74, 6) is -0.540. The number of likely N-dealkylation sites (N-methyl/N-ethyl adjacent to an activating group) is 1.